The first-order valence-corrected chi connectivity index (χ1v) is 6.01. The minimum Gasteiger partial charge on any atom is -0.497 e. The third kappa shape index (κ3) is 2.43. The molecule has 0 amide bonds. The van der Waals surface area contributed by atoms with E-state index in [1.165, 1.54) is 0 Å². The van der Waals surface area contributed by atoms with Crippen LogP contribution in [0, 0.1) is 11.8 Å². The van der Waals surface area contributed by atoms with Crippen molar-refractivity contribution in [2.45, 2.75) is 26.9 Å². The summed E-state index contributed by atoms with van der Waals surface area (Å²) in [7, 11) is 1.66. The van der Waals surface area contributed by atoms with Gasteiger partial charge in [0.1, 0.15) is 11.9 Å². The van der Waals surface area contributed by atoms with E-state index in [0.717, 1.165) is 17.3 Å². The molecule has 1 aliphatic heterocycles. The molecule has 1 aromatic carbocycles. The van der Waals surface area contributed by atoms with Gasteiger partial charge in [0.25, 0.3) is 0 Å². The molecule has 3 nitrogen and oxygen atoms in total. The van der Waals surface area contributed by atoms with Crippen molar-refractivity contribution < 1.29 is 9.47 Å². The van der Waals surface area contributed by atoms with E-state index in [0.29, 0.717) is 17.9 Å². The van der Waals surface area contributed by atoms with E-state index < -0.39 is 0 Å². The van der Waals surface area contributed by atoms with Crippen molar-refractivity contribution in [3.8, 4) is 5.75 Å². The average Bonchev–Trinajstić information content (AvgIpc) is 2.33. The van der Waals surface area contributed by atoms with E-state index in [9.17, 15) is 0 Å². The number of hydrogen-bond donors (Lipinski definition) is 0. The van der Waals surface area contributed by atoms with Crippen molar-refractivity contribution in [3.63, 3.8) is 0 Å². The van der Waals surface area contributed by atoms with Crippen molar-refractivity contribution in [3.05, 3.63) is 24.3 Å². The highest BCUT2D eigenvalue weighted by Crippen LogP contribution is 2.31. The maximum absolute atomic E-state index is 5.69. The van der Waals surface area contributed by atoms with Crippen LogP contribution >= 0.6 is 0 Å². The lowest BCUT2D eigenvalue weighted by molar-refractivity contribution is 0.0284. The molecule has 3 heteroatoms. The van der Waals surface area contributed by atoms with Gasteiger partial charge >= 0.3 is 0 Å². The van der Waals surface area contributed by atoms with Crippen LogP contribution in [-0.4, -0.2) is 19.1 Å². The monoisotopic (exact) mass is 233 g/mol. The van der Waals surface area contributed by atoms with Crippen LogP contribution < -0.4 is 4.74 Å². The van der Waals surface area contributed by atoms with Crippen LogP contribution in [0.25, 0.3) is 0 Å². The fraction of sp³-hybridized carbons (Fsp3) is 0.500. The first kappa shape index (κ1) is 12.0. The zero-order valence-corrected chi connectivity index (χ0v) is 10.8. The summed E-state index contributed by atoms with van der Waals surface area (Å²) >= 11 is 0. The second-order valence-electron chi connectivity index (χ2n) is 4.76. The maximum atomic E-state index is 5.69. The Hall–Kier alpha value is -1.51. The zero-order valence-electron chi connectivity index (χ0n) is 10.8. The van der Waals surface area contributed by atoms with Crippen LogP contribution in [-0.2, 0) is 4.74 Å². The molecular formula is C14H19NO2. The van der Waals surface area contributed by atoms with Crippen LogP contribution in [0.4, 0.5) is 5.69 Å². The molecule has 2 rings (SSSR count). The van der Waals surface area contributed by atoms with Gasteiger partial charge in [-0.15, -0.1) is 0 Å². The number of methoxy groups -OCH3 is 1. The molecule has 0 spiro atoms. The molecule has 0 saturated carbocycles. The molecule has 0 aromatic heterocycles. The third-order valence-corrected chi connectivity index (χ3v) is 3.11. The molecule has 92 valence electrons. The molecule has 1 saturated heterocycles. The van der Waals surface area contributed by atoms with Crippen LogP contribution in [0.15, 0.2) is 29.3 Å². The quantitative estimate of drug-likeness (QED) is 0.801. The molecule has 0 bridgehead atoms. The Morgan fingerprint density at radius 3 is 2.35 bits per heavy atom. The summed E-state index contributed by atoms with van der Waals surface area (Å²) in [6.45, 7) is 6.51. The lowest BCUT2D eigenvalue weighted by Gasteiger charge is -2.39. The lowest BCUT2D eigenvalue weighted by Crippen LogP contribution is -2.46. The first-order valence-electron chi connectivity index (χ1n) is 6.01. The molecule has 0 aliphatic carbocycles. The highest BCUT2D eigenvalue weighted by atomic mass is 16.5. The van der Waals surface area contributed by atoms with Gasteiger partial charge in [-0.1, -0.05) is 20.8 Å². The maximum Gasteiger partial charge on any atom is 0.195 e. The Labute approximate surface area is 102 Å². The van der Waals surface area contributed by atoms with Crippen LogP contribution in [0.3, 0.4) is 0 Å². The first-order chi connectivity index (χ1) is 8.11. The topological polar surface area (TPSA) is 30.8 Å². The fourth-order valence-corrected chi connectivity index (χ4v) is 2.04. The number of benzene rings is 1. The van der Waals surface area contributed by atoms with E-state index in [2.05, 4.69) is 25.8 Å². The highest BCUT2D eigenvalue weighted by molar-refractivity contribution is 5.86. The minimum absolute atomic E-state index is 0.312. The Morgan fingerprint density at radius 2 is 1.88 bits per heavy atom. The largest absolute Gasteiger partial charge is 0.497 e. The van der Waals surface area contributed by atoms with Crippen LogP contribution in [0.1, 0.15) is 20.8 Å². The standard InChI is InChI=1S/C14H19NO2/c1-9(2)13-10(3)14(17-13)15-11-5-7-12(16-4)8-6-11/h5-10,13H,1-4H3/t10-,13-/m1/s1. The summed E-state index contributed by atoms with van der Waals surface area (Å²) in [4.78, 5) is 4.49. The van der Waals surface area contributed by atoms with E-state index in [1.54, 1.807) is 7.11 Å². The van der Waals surface area contributed by atoms with Gasteiger partial charge in [-0.2, -0.15) is 0 Å². The molecular weight excluding hydrogens is 214 g/mol. The Bertz CT molecular complexity index is 409. The van der Waals surface area contributed by atoms with Crippen LogP contribution in [0.5, 0.6) is 5.75 Å². The second kappa shape index (κ2) is 4.78. The van der Waals surface area contributed by atoms with Crippen molar-refractivity contribution in [1.82, 2.24) is 0 Å². The van der Waals surface area contributed by atoms with E-state index >= 15 is 0 Å². The normalized spacial score (nSPS) is 25.6. The summed E-state index contributed by atoms with van der Waals surface area (Å²) in [5.74, 6) is 2.64. The summed E-state index contributed by atoms with van der Waals surface area (Å²) < 4.78 is 10.8. The SMILES string of the molecule is COc1ccc(N=C2O[C@H](C(C)C)[C@H]2C)cc1. The van der Waals surface area contributed by atoms with Gasteiger partial charge in [-0.05, 0) is 30.2 Å². The summed E-state index contributed by atoms with van der Waals surface area (Å²) in [6, 6.07) is 7.68. The number of ether oxygens (including phenoxy) is 2. The van der Waals surface area contributed by atoms with E-state index in [4.69, 9.17) is 9.47 Å². The highest BCUT2D eigenvalue weighted by Gasteiger charge is 2.38. The molecule has 17 heavy (non-hydrogen) atoms. The predicted octanol–water partition coefficient (Wildman–Crippen LogP) is 3.42. The van der Waals surface area contributed by atoms with Gasteiger partial charge in [0, 0.05) is 0 Å². The van der Waals surface area contributed by atoms with Gasteiger partial charge in [0.2, 0.25) is 0 Å². The third-order valence-electron chi connectivity index (χ3n) is 3.11. The number of aliphatic imine (C=N–C) groups is 1. The molecule has 1 aliphatic rings. The van der Waals surface area contributed by atoms with Crippen molar-refractivity contribution in [1.29, 1.82) is 0 Å². The summed E-state index contributed by atoms with van der Waals surface area (Å²) in [5, 5.41) is 0. The molecule has 2 atom stereocenters. The molecule has 1 aromatic rings. The molecule has 0 N–H and O–H groups in total. The fourth-order valence-electron chi connectivity index (χ4n) is 2.04. The summed E-state index contributed by atoms with van der Waals surface area (Å²) in [5.41, 5.74) is 0.912. The van der Waals surface area contributed by atoms with Gasteiger partial charge in [0.05, 0.1) is 18.7 Å². The Kier molecular flexibility index (Phi) is 3.36. The summed E-state index contributed by atoms with van der Waals surface area (Å²) in [6.07, 6.45) is 0.312. The Balaban J connectivity index is 2.05. The smallest absolute Gasteiger partial charge is 0.195 e. The number of rotatable bonds is 3. The molecule has 0 unspecified atom stereocenters. The van der Waals surface area contributed by atoms with Gasteiger partial charge < -0.3 is 9.47 Å². The van der Waals surface area contributed by atoms with Crippen molar-refractivity contribution >= 4 is 11.6 Å². The van der Waals surface area contributed by atoms with Gasteiger partial charge in [-0.25, -0.2) is 4.99 Å². The van der Waals surface area contributed by atoms with E-state index in [1.807, 2.05) is 24.3 Å². The van der Waals surface area contributed by atoms with Gasteiger partial charge in [-0.3, -0.25) is 0 Å². The van der Waals surface area contributed by atoms with E-state index in [-0.39, 0.29) is 0 Å². The lowest BCUT2D eigenvalue weighted by atomic mass is 9.89. The Morgan fingerprint density at radius 1 is 1.24 bits per heavy atom. The van der Waals surface area contributed by atoms with Crippen molar-refractivity contribution in [2.75, 3.05) is 7.11 Å². The second-order valence-corrected chi connectivity index (χ2v) is 4.76. The minimum atomic E-state index is 0.312. The van der Waals surface area contributed by atoms with Gasteiger partial charge in [0.15, 0.2) is 5.90 Å². The zero-order chi connectivity index (χ0) is 12.4. The average molecular weight is 233 g/mol. The van der Waals surface area contributed by atoms with Crippen LogP contribution in [0.2, 0.25) is 0 Å². The van der Waals surface area contributed by atoms with Crippen molar-refractivity contribution in [2.24, 2.45) is 16.8 Å². The number of nitrogens with zero attached hydrogens (tertiary/aromatic N) is 1. The molecule has 1 fully saturated rings. The predicted molar refractivity (Wildman–Crippen MR) is 69.0 cm³/mol. The molecule has 1 heterocycles. The molecule has 0 radical (unpaired) electrons. The number of hydrogen-bond acceptors (Lipinski definition) is 3.